The van der Waals surface area contributed by atoms with E-state index in [4.69, 9.17) is 11.6 Å². The summed E-state index contributed by atoms with van der Waals surface area (Å²) in [5.41, 5.74) is 3.33. The molecule has 5 nitrogen and oxygen atoms in total. The maximum absolute atomic E-state index is 12.8. The Morgan fingerprint density at radius 2 is 1.90 bits per heavy atom. The van der Waals surface area contributed by atoms with Crippen LogP contribution >= 0.6 is 11.6 Å². The minimum atomic E-state index is 0.113. The SMILES string of the molecule is CC[C@H]1CCCN1C(=O)c1ccc(Nc2nccc(-c3ccc(Cl)cc3)n2)cc1. The number of nitrogens with one attached hydrogen (secondary N) is 1. The van der Waals surface area contributed by atoms with Gasteiger partial charge in [-0.25, -0.2) is 9.97 Å². The van der Waals surface area contributed by atoms with Gasteiger partial charge in [-0.15, -0.1) is 0 Å². The molecule has 1 N–H and O–H groups in total. The number of amides is 1. The Kier molecular flexibility index (Phi) is 5.76. The third-order valence-electron chi connectivity index (χ3n) is 5.29. The summed E-state index contributed by atoms with van der Waals surface area (Å²) >= 11 is 5.96. The highest BCUT2D eigenvalue weighted by Gasteiger charge is 2.27. The van der Waals surface area contributed by atoms with Gasteiger partial charge in [0.25, 0.3) is 5.91 Å². The molecule has 0 bridgehead atoms. The number of carbonyl (C=O) groups is 1. The molecule has 0 aliphatic carbocycles. The van der Waals surface area contributed by atoms with Crippen molar-refractivity contribution < 1.29 is 4.79 Å². The van der Waals surface area contributed by atoms with Crippen molar-refractivity contribution in [3.05, 3.63) is 71.4 Å². The predicted molar refractivity (Wildman–Crippen MR) is 117 cm³/mol. The molecule has 1 aliphatic heterocycles. The number of hydrogen-bond acceptors (Lipinski definition) is 4. The smallest absolute Gasteiger partial charge is 0.254 e. The molecule has 4 rings (SSSR count). The highest BCUT2D eigenvalue weighted by molar-refractivity contribution is 6.30. The van der Waals surface area contributed by atoms with Gasteiger partial charge in [0, 0.05) is 40.6 Å². The van der Waals surface area contributed by atoms with Crippen molar-refractivity contribution in [3.63, 3.8) is 0 Å². The second kappa shape index (κ2) is 8.62. The molecule has 0 radical (unpaired) electrons. The zero-order valence-electron chi connectivity index (χ0n) is 16.3. The molecule has 1 saturated heterocycles. The molecule has 1 fully saturated rings. The van der Waals surface area contributed by atoms with Gasteiger partial charge in [-0.2, -0.15) is 0 Å². The average Bonchev–Trinajstić information content (AvgIpc) is 3.23. The lowest BCUT2D eigenvalue weighted by molar-refractivity contribution is 0.0733. The fourth-order valence-electron chi connectivity index (χ4n) is 3.72. The monoisotopic (exact) mass is 406 g/mol. The van der Waals surface area contributed by atoms with Gasteiger partial charge in [-0.1, -0.05) is 30.7 Å². The molecule has 1 atom stereocenters. The van der Waals surface area contributed by atoms with E-state index in [2.05, 4.69) is 22.2 Å². The normalized spacial score (nSPS) is 16.1. The summed E-state index contributed by atoms with van der Waals surface area (Å²) in [6, 6.07) is 17.3. The van der Waals surface area contributed by atoms with Crippen molar-refractivity contribution in [2.45, 2.75) is 32.2 Å². The number of carbonyl (C=O) groups excluding carboxylic acids is 1. The largest absolute Gasteiger partial charge is 0.336 e. The standard InChI is InChI=1S/C23H23ClN4O/c1-2-20-4-3-15-28(20)22(29)17-7-11-19(12-8-17)26-23-25-14-13-21(27-23)16-5-9-18(24)10-6-16/h5-14,20H,2-4,15H2,1H3,(H,25,26,27)/t20-/m0/s1. The fraction of sp³-hybridized carbons (Fsp3) is 0.261. The molecule has 3 aromatic rings. The summed E-state index contributed by atoms with van der Waals surface area (Å²) in [4.78, 5) is 23.6. The van der Waals surface area contributed by atoms with Crippen LogP contribution in [-0.4, -0.2) is 33.4 Å². The van der Waals surface area contributed by atoms with Crippen molar-refractivity contribution >= 4 is 29.1 Å². The van der Waals surface area contributed by atoms with Crippen LogP contribution in [0.4, 0.5) is 11.6 Å². The van der Waals surface area contributed by atoms with Gasteiger partial charge in [-0.3, -0.25) is 4.79 Å². The molecule has 0 spiro atoms. The van der Waals surface area contributed by atoms with Crippen LogP contribution in [0.15, 0.2) is 60.8 Å². The predicted octanol–water partition coefficient (Wildman–Crippen LogP) is 5.56. The highest BCUT2D eigenvalue weighted by Crippen LogP contribution is 2.24. The Balaban J connectivity index is 1.47. The molecule has 0 saturated carbocycles. The molecule has 1 aliphatic rings. The van der Waals surface area contributed by atoms with Crippen LogP contribution in [0.1, 0.15) is 36.5 Å². The molecule has 148 valence electrons. The van der Waals surface area contributed by atoms with E-state index in [0.29, 0.717) is 22.6 Å². The minimum Gasteiger partial charge on any atom is -0.336 e. The van der Waals surface area contributed by atoms with Crippen molar-refractivity contribution in [3.8, 4) is 11.3 Å². The number of benzene rings is 2. The lowest BCUT2D eigenvalue weighted by Gasteiger charge is -2.23. The number of rotatable bonds is 5. The number of likely N-dealkylation sites (tertiary alicyclic amines) is 1. The Labute approximate surface area is 175 Å². The first-order valence-electron chi connectivity index (χ1n) is 9.91. The Bertz CT molecular complexity index is 989. The van der Waals surface area contributed by atoms with Gasteiger partial charge < -0.3 is 10.2 Å². The van der Waals surface area contributed by atoms with Crippen LogP contribution in [0.3, 0.4) is 0 Å². The van der Waals surface area contributed by atoms with E-state index in [1.165, 1.54) is 0 Å². The van der Waals surface area contributed by atoms with Crippen molar-refractivity contribution in [2.75, 3.05) is 11.9 Å². The third-order valence-corrected chi connectivity index (χ3v) is 5.54. The van der Waals surface area contributed by atoms with E-state index in [1.54, 1.807) is 6.20 Å². The molecule has 6 heteroatoms. The Morgan fingerprint density at radius 3 is 2.62 bits per heavy atom. The fourth-order valence-corrected chi connectivity index (χ4v) is 3.84. The first kappa shape index (κ1) is 19.4. The molecule has 0 unspecified atom stereocenters. The first-order valence-corrected chi connectivity index (χ1v) is 10.3. The topological polar surface area (TPSA) is 58.1 Å². The second-order valence-corrected chi connectivity index (χ2v) is 7.61. The van der Waals surface area contributed by atoms with Crippen LogP contribution in [0.5, 0.6) is 0 Å². The van der Waals surface area contributed by atoms with Crippen LogP contribution in [0.25, 0.3) is 11.3 Å². The number of nitrogens with zero attached hydrogens (tertiary/aromatic N) is 3. The van der Waals surface area contributed by atoms with E-state index < -0.39 is 0 Å². The lowest BCUT2D eigenvalue weighted by Crippen LogP contribution is -2.35. The average molecular weight is 407 g/mol. The number of hydrogen-bond donors (Lipinski definition) is 1. The van der Waals surface area contributed by atoms with E-state index in [0.717, 1.165) is 42.8 Å². The van der Waals surface area contributed by atoms with Crippen molar-refractivity contribution in [2.24, 2.45) is 0 Å². The van der Waals surface area contributed by atoms with Gasteiger partial charge >= 0.3 is 0 Å². The molecule has 2 aromatic carbocycles. The van der Waals surface area contributed by atoms with E-state index in [1.807, 2.05) is 59.5 Å². The van der Waals surface area contributed by atoms with Crippen LogP contribution in [-0.2, 0) is 0 Å². The number of halogens is 1. The van der Waals surface area contributed by atoms with E-state index in [-0.39, 0.29) is 5.91 Å². The maximum Gasteiger partial charge on any atom is 0.254 e. The molecule has 1 amide bonds. The number of anilines is 2. The van der Waals surface area contributed by atoms with Crippen molar-refractivity contribution in [1.82, 2.24) is 14.9 Å². The van der Waals surface area contributed by atoms with E-state index in [9.17, 15) is 4.79 Å². The zero-order chi connectivity index (χ0) is 20.2. The summed E-state index contributed by atoms with van der Waals surface area (Å²) in [6.45, 7) is 2.99. The molecule has 29 heavy (non-hydrogen) atoms. The van der Waals surface area contributed by atoms with Gasteiger partial charge in [0.15, 0.2) is 0 Å². The van der Waals surface area contributed by atoms with Gasteiger partial charge in [0.2, 0.25) is 5.95 Å². The summed E-state index contributed by atoms with van der Waals surface area (Å²) in [5.74, 6) is 0.615. The van der Waals surface area contributed by atoms with E-state index >= 15 is 0 Å². The Hall–Kier alpha value is -2.92. The molecule has 1 aromatic heterocycles. The van der Waals surface area contributed by atoms with Gasteiger partial charge in [0.1, 0.15) is 0 Å². The Morgan fingerprint density at radius 1 is 1.14 bits per heavy atom. The second-order valence-electron chi connectivity index (χ2n) is 7.18. The highest BCUT2D eigenvalue weighted by atomic mass is 35.5. The third kappa shape index (κ3) is 4.40. The molecule has 2 heterocycles. The quantitative estimate of drug-likeness (QED) is 0.603. The van der Waals surface area contributed by atoms with Gasteiger partial charge in [0.05, 0.1) is 5.69 Å². The van der Waals surface area contributed by atoms with Crippen LogP contribution in [0.2, 0.25) is 5.02 Å². The van der Waals surface area contributed by atoms with Crippen molar-refractivity contribution in [1.29, 1.82) is 0 Å². The zero-order valence-corrected chi connectivity index (χ0v) is 17.1. The van der Waals surface area contributed by atoms with Crippen LogP contribution < -0.4 is 5.32 Å². The summed E-state index contributed by atoms with van der Waals surface area (Å²) in [7, 11) is 0. The van der Waals surface area contributed by atoms with Crippen LogP contribution in [0, 0.1) is 0 Å². The summed E-state index contributed by atoms with van der Waals surface area (Å²) < 4.78 is 0. The molecular weight excluding hydrogens is 384 g/mol. The lowest BCUT2D eigenvalue weighted by atomic mass is 10.1. The van der Waals surface area contributed by atoms with Gasteiger partial charge in [-0.05, 0) is 61.7 Å². The first-order chi connectivity index (χ1) is 14.1. The summed E-state index contributed by atoms with van der Waals surface area (Å²) in [6.07, 6.45) is 4.91. The maximum atomic E-state index is 12.8. The molecular formula is C23H23ClN4O. The minimum absolute atomic E-state index is 0.113. The number of aromatic nitrogens is 2. The summed E-state index contributed by atoms with van der Waals surface area (Å²) in [5, 5.41) is 3.90.